The van der Waals surface area contributed by atoms with Gasteiger partial charge in [-0.25, -0.2) is 8.42 Å². The Morgan fingerprint density at radius 1 is 1.03 bits per heavy atom. The summed E-state index contributed by atoms with van der Waals surface area (Å²) in [6, 6.07) is 19.6. The molecule has 32 heavy (non-hydrogen) atoms. The lowest BCUT2D eigenvalue weighted by molar-refractivity contribution is -0.0440. The smallest absolute Gasteiger partial charge is 0.252 e. The highest BCUT2D eigenvalue weighted by atomic mass is 32.2. The second kappa shape index (κ2) is 9.54. The van der Waals surface area contributed by atoms with Crippen LogP contribution in [0.25, 0.3) is 0 Å². The third kappa shape index (κ3) is 4.94. The van der Waals surface area contributed by atoms with Gasteiger partial charge in [-0.15, -0.1) is 11.3 Å². The van der Waals surface area contributed by atoms with Crippen LogP contribution in [0, 0.1) is 0 Å². The van der Waals surface area contributed by atoms with Crippen molar-refractivity contribution >= 4 is 27.3 Å². The summed E-state index contributed by atoms with van der Waals surface area (Å²) in [5, 5.41) is 5.03. The number of morpholine rings is 1. The lowest BCUT2D eigenvalue weighted by Crippen LogP contribution is -2.48. The predicted octanol–water partition coefficient (Wildman–Crippen LogP) is 4.07. The number of carbonyl (C=O) groups is 1. The van der Waals surface area contributed by atoms with Crippen molar-refractivity contribution in [2.75, 3.05) is 13.1 Å². The molecule has 0 spiro atoms. The first kappa shape index (κ1) is 22.7. The van der Waals surface area contributed by atoms with Crippen molar-refractivity contribution in [1.29, 1.82) is 0 Å². The summed E-state index contributed by atoms with van der Waals surface area (Å²) in [6.07, 6.45) is -0.366. The molecule has 168 valence electrons. The van der Waals surface area contributed by atoms with Gasteiger partial charge in [0, 0.05) is 23.5 Å². The number of ether oxygens (including phenoxy) is 1. The fourth-order valence-corrected chi connectivity index (χ4v) is 6.35. The van der Waals surface area contributed by atoms with Crippen molar-refractivity contribution in [3.05, 3.63) is 88.1 Å². The van der Waals surface area contributed by atoms with Gasteiger partial charge in [0.25, 0.3) is 5.91 Å². The lowest BCUT2D eigenvalue weighted by Gasteiger charge is -2.34. The van der Waals surface area contributed by atoms with E-state index in [-0.39, 0.29) is 42.1 Å². The molecule has 3 aromatic rings. The molecular weight excluding hydrogens is 444 g/mol. The summed E-state index contributed by atoms with van der Waals surface area (Å²) in [7, 11) is -3.73. The zero-order valence-corrected chi connectivity index (χ0v) is 19.6. The van der Waals surface area contributed by atoms with E-state index in [2.05, 4.69) is 5.32 Å². The van der Waals surface area contributed by atoms with Gasteiger partial charge in [0.05, 0.1) is 23.1 Å². The van der Waals surface area contributed by atoms with Crippen molar-refractivity contribution in [2.45, 2.75) is 37.0 Å². The van der Waals surface area contributed by atoms with E-state index in [9.17, 15) is 13.2 Å². The van der Waals surface area contributed by atoms with Gasteiger partial charge in [0.15, 0.2) is 0 Å². The molecular formula is C24H26N2O4S2. The quantitative estimate of drug-likeness (QED) is 0.589. The van der Waals surface area contributed by atoms with Crippen molar-refractivity contribution < 1.29 is 17.9 Å². The highest BCUT2D eigenvalue weighted by Crippen LogP contribution is 2.27. The SMILES string of the molecule is CC1CN(S(=O)(=O)c2cccc(C(=O)NC(c3ccccc3)c3cccs3)c2)CC(C)O1. The van der Waals surface area contributed by atoms with Crippen LogP contribution in [0.2, 0.25) is 0 Å². The standard InChI is InChI=1S/C24H26N2O4S2/c1-17-15-26(16-18(2)30-17)32(28,29)21-11-6-10-20(14-21)24(27)25-23(22-12-7-13-31-22)19-8-4-3-5-9-19/h3-14,17-18,23H,15-16H2,1-2H3,(H,25,27). The van der Waals surface area contributed by atoms with Crippen LogP contribution in [0.15, 0.2) is 77.0 Å². The molecule has 1 aliphatic rings. The van der Waals surface area contributed by atoms with E-state index < -0.39 is 10.0 Å². The number of rotatable bonds is 6. The molecule has 1 aromatic heterocycles. The maximum absolute atomic E-state index is 13.2. The van der Waals surface area contributed by atoms with E-state index in [4.69, 9.17) is 4.74 Å². The van der Waals surface area contributed by atoms with Crippen LogP contribution in [-0.2, 0) is 14.8 Å². The van der Waals surface area contributed by atoms with E-state index in [1.807, 2.05) is 61.7 Å². The van der Waals surface area contributed by atoms with Gasteiger partial charge < -0.3 is 10.1 Å². The minimum atomic E-state index is -3.73. The highest BCUT2D eigenvalue weighted by Gasteiger charge is 2.32. The summed E-state index contributed by atoms with van der Waals surface area (Å²) in [5.41, 5.74) is 1.27. The molecule has 3 atom stereocenters. The largest absolute Gasteiger partial charge is 0.373 e. The van der Waals surface area contributed by atoms with Gasteiger partial charge in [-0.1, -0.05) is 42.5 Å². The van der Waals surface area contributed by atoms with Crippen molar-refractivity contribution in [3.63, 3.8) is 0 Å². The number of hydrogen-bond acceptors (Lipinski definition) is 5. The van der Waals surface area contributed by atoms with E-state index in [1.54, 1.807) is 23.5 Å². The summed E-state index contributed by atoms with van der Waals surface area (Å²) in [6.45, 7) is 4.29. The predicted molar refractivity (Wildman–Crippen MR) is 125 cm³/mol. The molecule has 1 N–H and O–H groups in total. The summed E-state index contributed by atoms with van der Waals surface area (Å²) in [4.78, 5) is 14.3. The summed E-state index contributed by atoms with van der Waals surface area (Å²) >= 11 is 1.56. The summed E-state index contributed by atoms with van der Waals surface area (Å²) in [5.74, 6) is -0.326. The van der Waals surface area contributed by atoms with Crippen LogP contribution in [0.3, 0.4) is 0 Å². The maximum atomic E-state index is 13.2. The molecule has 1 fully saturated rings. The Labute approximate surface area is 192 Å². The number of carbonyl (C=O) groups excluding carboxylic acids is 1. The van der Waals surface area contributed by atoms with Crippen LogP contribution in [-0.4, -0.2) is 43.9 Å². The fourth-order valence-electron chi connectivity index (χ4n) is 3.91. The number of amides is 1. The van der Waals surface area contributed by atoms with Crippen LogP contribution in [0.5, 0.6) is 0 Å². The first-order valence-electron chi connectivity index (χ1n) is 10.5. The maximum Gasteiger partial charge on any atom is 0.252 e. The molecule has 4 rings (SSSR count). The van der Waals surface area contributed by atoms with Crippen molar-refractivity contribution in [1.82, 2.24) is 9.62 Å². The zero-order valence-electron chi connectivity index (χ0n) is 18.0. The number of benzene rings is 2. The minimum absolute atomic E-state index is 0.110. The van der Waals surface area contributed by atoms with Gasteiger partial charge in [0.2, 0.25) is 10.0 Å². The lowest BCUT2D eigenvalue weighted by atomic mass is 10.0. The molecule has 6 nitrogen and oxygen atoms in total. The number of hydrogen-bond donors (Lipinski definition) is 1. The third-order valence-corrected chi connectivity index (χ3v) is 8.12. The Kier molecular flexibility index (Phi) is 6.76. The average Bonchev–Trinajstić information content (AvgIpc) is 3.32. The van der Waals surface area contributed by atoms with Crippen LogP contribution in [0.4, 0.5) is 0 Å². The number of nitrogens with one attached hydrogen (secondary N) is 1. The Morgan fingerprint density at radius 3 is 2.41 bits per heavy atom. The molecule has 1 saturated heterocycles. The van der Waals surface area contributed by atoms with Gasteiger partial charge >= 0.3 is 0 Å². The Bertz CT molecular complexity index is 1150. The van der Waals surface area contributed by atoms with E-state index in [1.165, 1.54) is 16.4 Å². The highest BCUT2D eigenvalue weighted by molar-refractivity contribution is 7.89. The zero-order chi connectivity index (χ0) is 22.7. The van der Waals surface area contributed by atoms with E-state index in [0.717, 1.165) is 10.4 Å². The second-order valence-corrected chi connectivity index (χ2v) is 10.9. The second-order valence-electron chi connectivity index (χ2n) is 7.94. The molecule has 1 amide bonds. The average molecular weight is 471 g/mol. The Morgan fingerprint density at radius 2 is 1.75 bits per heavy atom. The number of thiophene rings is 1. The first-order chi connectivity index (χ1) is 15.3. The minimum Gasteiger partial charge on any atom is -0.373 e. The normalized spacial score (nSPS) is 20.6. The van der Waals surface area contributed by atoms with Gasteiger partial charge in [-0.05, 0) is 49.1 Å². The summed E-state index contributed by atoms with van der Waals surface area (Å²) < 4.78 is 33.5. The van der Waals surface area contributed by atoms with Crippen LogP contribution < -0.4 is 5.32 Å². The molecule has 0 saturated carbocycles. The van der Waals surface area contributed by atoms with Crippen molar-refractivity contribution in [2.24, 2.45) is 0 Å². The molecule has 0 radical (unpaired) electrons. The Balaban J connectivity index is 1.59. The molecule has 1 aliphatic heterocycles. The molecule has 0 bridgehead atoms. The molecule has 2 aromatic carbocycles. The fraction of sp³-hybridized carbons (Fsp3) is 0.292. The topological polar surface area (TPSA) is 75.7 Å². The molecule has 3 unspecified atom stereocenters. The number of nitrogens with zero attached hydrogens (tertiary/aromatic N) is 1. The van der Waals surface area contributed by atoms with Crippen LogP contribution in [0.1, 0.15) is 40.7 Å². The van der Waals surface area contributed by atoms with E-state index >= 15 is 0 Å². The molecule has 0 aliphatic carbocycles. The van der Waals surface area contributed by atoms with Crippen LogP contribution >= 0.6 is 11.3 Å². The monoisotopic (exact) mass is 470 g/mol. The van der Waals surface area contributed by atoms with Gasteiger partial charge in [-0.3, -0.25) is 4.79 Å². The first-order valence-corrected chi connectivity index (χ1v) is 12.8. The van der Waals surface area contributed by atoms with Gasteiger partial charge in [0.1, 0.15) is 0 Å². The van der Waals surface area contributed by atoms with Crippen molar-refractivity contribution in [3.8, 4) is 0 Å². The molecule has 2 heterocycles. The van der Waals surface area contributed by atoms with Gasteiger partial charge in [-0.2, -0.15) is 4.31 Å². The Hall–Kier alpha value is -2.52. The van der Waals surface area contributed by atoms with E-state index in [0.29, 0.717) is 5.56 Å². The third-order valence-electron chi connectivity index (χ3n) is 5.36. The number of sulfonamides is 1. The molecule has 8 heteroatoms.